The largest absolute Gasteiger partial charge is 0.457 e. The molecule has 4 nitrogen and oxygen atoms in total. The third-order valence-electron chi connectivity index (χ3n) is 9.15. The zero-order chi connectivity index (χ0) is 25.4. The Morgan fingerprint density at radius 3 is 2.65 bits per heavy atom. The van der Waals surface area contributed by atoms with Crippen LogP contribution in [-0.4, -0.2) is 36.5 Å². The van der Waals surface area contributed by atoms with E-state index in [-0.39, 0.29) is 11.3 Å². The van der Waals surface area contributed by atoms with Crippen molar-refractivity contribution in [3.8, 4) is 11.5 Å². The van der Waals surface area contributed by atoms with Crippen molar-refractivity contribution in [1.82, 2.24) is 10.2 Å². The highest BCUT2D eigenvalue weighted by Gasteiger charge is 2.49. The predicted octanol–water partition coefficient (Wildman–Crippen LogP) is 6.39. The van der Waals surface area contributed by atoms with Gasteiger partial charge in [0.2, 0.25) is 0 Å². The van der Waals surface area contributed by atoms with E-state index >= 15 is 0 Å². The molecule has 3 aliphatic rings. The number of amides is 1. The van der Waals surface area contributed by atoms with Gasteiger partial charge in [0.15, 0.2) is 0 Å². The first kappa shape index (κ1) is 24.2. The minimum atomic E-state index is 0.0176. The van der Waals surface area contributed by atoms with Crippen molar-refractivity contribution in [3.05, 3.63) is 95.1 Å². The maximum Gasteiger partial charge on any atom is 0.251 e. The van der Waals surface area contributed by atoms with Gasteiger partial charge >= 0.3 is 0 Å². The molecular formula is C33H38N2O2. The number of carbonyl (C=O) groups is 1. The molecule has 6 rings (SSSR count). The van der Waals surface area contributed by atoms with Crippen molar-refractivity contribution < 1.29 is 9.53 Å². The molecule has 3 aromatic carbocycles. The monoisotopic (exact) mass is 494 g/mol. The Balaban J connectivity index is 1.09. The minimum absolute atomic E-state index is 0.0176. The summed E-state index contributed by atoms with van der Waals surface area (Å²) in [4.78, 5) is 15.9. The molecule has 192 valence electrons. The molecule has 2 fully saturated rings. The molecule has 1 amide bonds. The number of hydrogen-bond acceptors (Lipinski definition) is 3. The van der Waals surface area contributed by atoms with Gasteiger partial charge in [-0.25, -0.2) is 0 Å². The fourth-order valence-corrected chi connectivity index (χ4v) is 6.52. The lowest BCUT2D eigenvalue weighted by Crippen LogP contribution is -2.58. The van der Waals surface area contributed by atoms with E-state index in [4.69, 9.17) is 4.74 Å². The molecule has 2 bridgehead atoms. The Hall–Kier alpha value is -3.11. The van der Waals surface area contributed by atoms with E-state index in [1.54, 1.807) is 0 Å². The average molecular weight is 495 g/mol. The highest BCUT2D eigenvalue weighted by atomic mass is 16.5. The summed E-state index contributed by atoms with van der Waals surface area (Å²) < 4.78 is 5.96. The summed E-state index contributed by atoms with van der Waals surface area (Å²) in [7, 11) is 0. The zero-order valence-corrected chi connectivity index (χ0v) is 22.1. The fraction of sp³-hybridized carbons (Fsp3) is 0.424. The van der Waals surface area contributed by atoms with Crippen LogP contribution in [0.25, 0.3) is 0 Å². The van der Waals surface area contributed by atoms with Crippen molar-refractivity contribution in [2.75, 3.05) is 19.6 Å². The van der Waals surface area contributed by atoms with Crippen LogP contribution in [0.15, 0.2) is 72.8 Å². The molecule has 1 saturated heterocycles. The van der Waals surface area contributed by atoms with Gasteiger partial charge in [-0.05, 0) is 109 Å². The first-order valence-corrected chi connectivity index (χ1v) is 14.0. The molecule has 0 aromatic heterocycles. The fourth-order valence-electron chi connectivity index (χ4n) is 6.52. The van der Waals surface area contributed by atoms with E-state index in [9.17, 15) is 4.79 Å². The maximum atomic E-state index is 13.1. The highest BCUT2D eigenvalue weighted by Crippen LogP contribution is 2.49. The van der Waals surface area contributed by atoms with E-state index in [0.717, 1.165) is 41.4 Å². The Kier molecular flexibility index (Phi) is 6.54. The predicted molar refractivity (Wildman–Crippen MR) is 148 cm³/mol. The maximum absolute atomic E-state index is 13.1. The molecule has 2 aliphatic carbocycles. The van der Waals surface area contributed by atoms with Crippen LogP contribution in [0.5, 0.6) is 11.5 Å². The molecule has 3 aromatic rings. The molecule has 1 saturated carbocycles. The van der Waals surface area contributed by atoms with Crippen LogP contribution in [-0.2, 0) is 18.3 Å². The summed E-state index contributed by atoms with van der Waals surface area (Å²) >= 11 is 0. The third kappa shape index (κ3) is 5.04. The van der Waals surface area contributed by atoms with Gasteiger partial charge < -0.3 is 10.1 Å². The number of piperidine rings is 1. The van der Waals surface area contributed by atoms with Gasteiger partial charge in [-0.3, -0.25) is 9.69 Å². The summed E-state index contributed by atoms with van der Waals surface area (Å²) in [5, 5.41) is 3.15. The zero-order valence-electron chi connectivity index (χ0n) is 22.1. The van der Waals surface area contributed by atoms with E-state index in [2.05, 4.69) is 42.3 Å². The molecule has 37 heavy (non-hydrogen) atoms. The van der Waals surface area contributed by atoms with Crippen LogP contribution in [0, 0.1) is 11.8 Å². The van der Waals surface area contributed by atoms with Crippen molar-refractivity contribution in [3.63, 3.8) is 0 Å². The molecule has 0 spiro atoms. The second-order valence-electron chi connectivity index (χ2n) is 11.6. The summed E-state index contributed by atoms with van der Waals surface area (Å²) in [6.07, 6.45) is 5.88. The second kappa shape index (κ2) is 9.98. The van der Waals surface area contributed by atoms with Gasteiger partial charge in [0, 0.05) is 24.7 Å². The molecular weight excluding hydrogens is 456 g/mol. The van der Waals surface area contributed by atoms with Crippen molar-refractivity contribution in [2.45, 2.75) is 57.4 Å². The Bertz CT molecular complexity index is 1270. The lowest BCUT2D eigenvalue weighted by Gasteiger charge is -2.55. The topological polar surface area (TPSA) is 41.6 Å². The molecule has 1 unspecified atom stereocenters. The number of nitrogens with zero attached hydrogens (tertiary/aromatic N) is 1. The van der Waals surface area contributed by atoms with Crippen LogP contribution < -0.4 is 10.1 Å². The van der Waals surface area contributed by atoms with Gasteiger partial charge in [0.1, 0.15) is 11.5 Å². The van der Waals surface area contributed by atoms with E-state index in [1.807, 2.05) is 54.6 Å². The van der Waals surface area contributed by atoms with Crippen LogP contribution >= 0.6 is 0 Å². The number of nitrogens with one attached hydrogen (secondary N) is 1. The number of hydrogen-bond donors (Lipinski definition) is 1. The van der Waals surface area contributed by atoms with Crippen LogP contribution in [0.1, 0.15) is 60.2 Å². The quantitative estimate of drug-likeness (QED) is 0.395. The molecule has 4 heteroatoms. The average Bonchev–Trinajstić information content (AvgIpc) is 3.73. The SMILES string of the molecule is CC1[C@H]2Cc3ccc(C(=O)NCCc4cccc(Oc5ccccc5)c4)cc3[C@]1(C)CCN2CC1CC1. The number of ether oxygens (including phenoxy) is 1. The minimum Gasteiger partial charge on any atom is -0.457 e. The number of carbonyl (C=O) groups excluding carboxylic acids is 1. The summed E-state index contributed by atoms with van der Waals surface area (Å²) in [6, 6.07) is 25.0. The first-order chi connectivity index (χ1) is 18.0. The number of para-hydroxylation sites is 1. The first-order valence-electron chi connectivity index (χ1n) is 14.0. The number of fused-ring (bicyclic) bond motifs is 4. The van der Waals surface area contributed by atoms with Gasteiger partial charge in [-0.15, -0.1) is 0 Å². The van der Waals surface area contributed by atoms with Crippen LogP contribution in [0.4, 0.5) is 0 Å². The van der Waals surface area contributed by atoms with Gasteiger partial charge in [-0.2, -0.15) is 0 Å². The van der Waals surface area contributed by atoms with Gasteiger partial charge in [0.05, 0.1) is 0 Å². The molecule has 1 heterocycles. The van der Waals surface area contributed by atoms with Crippen molar-refractivity contribution >= 4 is 5.91 Å². The van der Waals surface area contributed by atoms with E-state index < -0.39 is 0 Å². The molecule has 1 aliphatic heterocycles. The lowest BCUT2D eigenvalue weighted by atomic mass is 9.59. The highest BCUT2D eigenvalue weighted by molar-refractivity contribution is 5.94. The number of rotatable bonds is 8. The standard InChI is InChI=1S/C33H38N2O2/c1-23-31-21-26-13-14-27(20-30(26)33(23,2)16-18-35(31)22-25-11-12-25)32(36)34-17-15-24-7-6-10-29(19-24)37-28-8-4-3-5-9-28/h3-10,13-14,19-20,23,25,31H,11-12,15-18,21-22H2,1-2H3,(H,34,36)/t23?,31-,33-/m1/s1. The van der Waals surface area contributed by atoms with Crippen molar-refractivity contribution in [2.24, 2.45) is 11.8 Å². The smallest absolute Gasteiger partial charge is 0.251 e. The Labute approximate surface area is 221 Å². The molecule has 3 atom stereocenters. The summed E-state index contributed by atoms with van der Waals surface area (Å²) in [5.74, 6) is 3.19. The Morgan fingerprint density at radius 2 is 1.84 bits per heavy atom. The Morgan fingerprint density at radius 1 is 1.03 bits per heavy atom. The van der Waals surface area contributed by atoms with E-state index in [1.165, 1.54) is 43.5 Å². The second-order valence-corrected chi connectivity index (χ2v) is 11.6. The van der Waals surface area contributed by atoms with Gasteiger partial charge in [-0.1, -0.05) is 50.2 Å². The lowest BCUT2D eigenvalue weighted by molar-refractivity contribution is 0.0284. The van der Waals surface area contributed by atoms with Crippen LogP contribution in [0.2, 0.25) is 0 Å². The van der Waals surface area contributed by atoms with Crippen molar-refractivity contribution in [1.29, 1.82) is 0 Å². The van der Waals surface area contributed by atoms with E-state index in [0.29, 0.717) is 18.5 Å². The van der Waals surface area contributed by atoms with Gasteiger partial charge in [0.25, 0.3) is 5.91 Å². The molecule has 1 N–H and O–H groups in total. The number of benzene rings is 3. The summed E-state index contributed by atoms with van der Waals surface area (Å²) in [5.41, 5.74) is 4.92. The third-order valence-corrected chi connectivity index (χ3v) is 9.15. The number of likely N-dealkylation sites (tertiary alicyclic amines) is 1. The summed E-state index contributed by atoms with van der Waals surface area (Å²) in [6.45, 7) is 7.93. The molecule has 0 radical (unpaired) electrons. The van der Waals surface area contributed by atoms with Crippen LogP contribution in [0.3, 0.4) is 0 Å². The normalized spacial score (nSPS) is 24.8.